The lowest BCUT2D eigenvalue weighted by Crippen LogP contribution is -2.37. The summed E-state index contributed by atoms with van der Waals surface area (Å²) in [6.45, 7) is 16.5. The number of nitrogens with one attached hydrogen (secondary N) is 1. The second-order valence-corrected chi connectivity index (χ2v) is 5.79. The van der Waals surface area contributed by atoms with E-state index in [0.29, 0.717) is 0 Å². The SMILES string of the molecule is C=C(C)C(C)=N/C(CN1CCOCC1)=C(C)/C(=C\C=C/C)NC. The molecule has 0 bridgehead atoms. The first-order valence-electron chi connectivity index (χ1n) is 8.21. The summed E-state index contributed by atoms with van der Waals surface area (Å²) < 4.78 is 5.44. The summed E-state index contributed by atoms with van der Waals surface area (Å²) in [5.74, 6) is 0. The molecule has 0 aliphatic carbocycles. The van der Waals surface area contributed by atoms with Gasteiger partial charge in [0.1, 0.15) is 0 Å². The van der Waals surface area contributed by atoms with E-state index in [1.807, 2.05) is 40.0 Å². The largest absolute Gasteiger partial charge is 0.388 e. The summed E-state index contributed by atoms with van der Waals surface area (Å²) in [5.41, 5.74) is 5.31. The van der Waals surface area contributed by atoms with Crippen molar-refractivity contribution in [1.82, 2.24) is 10.2 Å². The lowest BCUT2D eigenvalue weighted by molar-refractivity contribution is 0.0421. The van der Waals surface area contributed by atoms with E-state index in [-0.39, 0.29) is 0 Å². The van der Waals surface area contributed by atoms with Crippen molar-refractivity contribution in [2.45, 2.75) is 27.7 Å². The van der Waals surface area contributed by atoms with Crippen LogP contribution in [-0.4, -0.2) is 50.5 Å². The molecule has 0 spiro atoms. The smallest absolute Gasteiger partial charge is 0.0596 e. The Balaban J connectivity index is 3.16. The van der Waals surface area contributed by atoms with E-state index in [9.17, 15) is 0 Å². The fraction of sp³-hybridized carbons (Fsp3) is 0.526. The van der Waals surface area contributed by atoms with Gasteiger partial charge in [0.25, 0.3) is 0 Å². The van der Waals surface area contributed by atoms with Gasteiger partial charge in [-0.1, -0.05) is 18.7 Å². The Labute approximate surface area is 141 Å². The second kappa shape index (κ2) is 10.2. The van der Waals surface area contributed by atoms with Crippen molar-refractivity contribution in [3.05, 3.63) is 47.3 Å². The van der Waals surface area contributed by atoms with Gasteiger partial charge in [0, 0.05) is 38.1 Å². The first-order valence-corrected chi connectivity index (χ1v) is 8.21. The summed E-state index contributed by atoms with van der Waals surface area (Å²) >= 11 is 0. The predicted octanol–water partition coefficient (Wildman–Crippen LogP) is 3.31. The molecule has 1 heterocycles. The fourth-order valence-electron chi connectivity index (χ4n) is 2.25. The Kier molecular flexibility index (Phi) is 8.59. The quantitative estimate of drug-likeness (QED) is 0.578. The molecule has 0 aromatic carbocycles. The number of hydrogen-bond acceptors (Lipinski definition) is 4. The Morgan fingerprint density at radius 3 is 2.43 bits per heavy atom. The van der Waals surface area contributed by atoms with Crippen LogP contribution < -0.4 is 5.32 Å². The summed E-state index contributed by atoms with van der Waals surface area (Å²) in [5, 5.41) is 3.27. The second-order valence-electron chi connectivity index (χ2n) is 5.79. The monoisotopic (exact) mass is 317 g/mol. The number of nitrogens with zero attached hydrogens (tertiary/aromatic N) is 2. The Morgan fingerprint density at radius 1 is 1.26 bits per heavy atom. The van der Waals surface area contributed by atoms with Crippen molar-refractivity contribution in [3.8, 4) is 0 Å². The first-order chi connectivity index (χ1) is 11.0. The molecule has 1 aliphatic rings. The maximum absolute atomic E-state index is 5.44. The molecule has 1 fully saturated rings. The molecule has 128 valence electrons. The van der Waals surface area contributed by atoms with Crippen molar-refractivity contribution in [2.75, 3.05) is 39.9 Å². The number of allylic oxidation sites excluding steroid dienone is 5. The van der Waals surface area contributed by atoms with Gasteiger partial charge in [0.05, 0.1) is 18.9 Å². The van der Waals surface area contributed by atoms with Crippen molar-refractivity contribution in [2.24, 2.45) is 4.99 Å². The minimum Gasteiger partial charge on any atom is -0.388 e. The summed E-state index contributed by atoms with van der Waals surface area (Å²) in [6.07, 6.45) is 6.14. The topological polar surface area (TPSA) is 36.9 Å². The third kappa shape index (κ3) is 6.55. The molecule has 0 radical (unpaired) electrons. The fourth-order valence-corrected chi connectivity index (χ4v) is 2.25. The number of aliphatic imine (C=N–C) groups is 1. The Hall–Kier alpha value is -1.65. The zero-order valence-corrected chi connectivity index (χ0v) is 15.3. The molecule has 1 saturated heterocycles. The van der Waals surface area contributed by atoms with E-state index in [4.69, 9.17) is 9.73 Å². The Morgan fingerprint density at radius 2 is 1.91 bits per heavy atom. The minimum absolute atomic E-state index is 0.794. The molecule has 4 nitrogen and oxygen atoms in total. The molecule has 0 saturated carbocycles. The van der Waals surface area contributed by atoms with Crippen LogP contribution in [0.15, 0.2) is 52.3 Å². The van der Waals surface area contributed by atoms with Gasteiger partial charge in [-0.05, 0) is 44.9 Å². The van der Waals surface area contributed by atoms with E-state index in [0.717, 1.165) is 61.1 Å². The van der Waals surface area contributed by atoms with E-state index in [1.165, 1.54) is 0 Å². The highest BCUT2D eigenvalue weighted by Crippen LogP contribution is 2.17. The average molecular weight is 317 g/mol. The molecule has 0 aromatic heterocycles. The van der Waals surface area contributed by atoms with Gasteiger partial charge in [0.15, 0.2) is 0 Å². The molecule has 0 amide bonds. The van der Waals surface area contributed by atoms with E-state index in [2.05, 4.69) is 29.8 Å². The number of morpholine rings is 1. The van der Waals surface area contributed by atoms with Crippen LogP contribution in [0.5, 0.6) is 0 Å². The third-order valence-corrected chi connectivity index (χ3v) is 3.96. The molecule has 0 atom stereocenters. The van der Waals surface area contributed by atoms with Crippen LogP contribution >= 0.6 is 0 Å². The van der Waals surface area contributed by atoms with Crippen LogP contribution in [0.4, 0.5) is 0 Å². The molecule has 1 N–H and O–H groups in total. The van der Waals surface area contributed by atoms with Crippen molar-refractivity contribution >= 4 is 5.71 Å². The maximum Gasteiger partial charge on any atom is 0.0596 e. The van der Waals surface area contributed by atoms with Gasteiger partial charge in [-0.15, -0.1) is 0 Å². The van der Waals surface area contributed by atoms with Crippen LogP contribution in [0.3, 0.4) is 0 Å². The van der Waals surface area contributed by atoms with Gasteiger partial charge in [-0.3, -0.25) is 9.89 Å². The number of hydrogen-bond donors (Lipinski definition) is 1. The summed E-state index contributed by atoms with van der Waals surface area (Å²) in [7, 11) is 1.94. The van der Waals surface area contributed by atoms with Crippen LogP contribution in [0.2, 0.25) is 0 Å². The van der Waals surface area contributed by atoms with Gasteiger partial charge < -0.3 is 10.1 Å². The van der Waals surface area contributed by atoms with E-state index in [1.54, 1.807) is 0 Å². The zero-order valence-electron chi connectivity index (χ0n) is 15.3. The van der Waals surface area contributed by atoms with Crippen molar-refractivity contribution < 1.29 is 4.74 Å². The first kappa shape index (κ1) is 19.4. The van der Waals surface area contributed by atoms with Gasteiger partial charge >= 0.3 is 0 Å². The average Bonchev–Trinajstić information content (AvgIpc) is 2.55. The van der Waals surface area contributed by atoms with Gasteiger partial charge in [0.2, 0.25) is 0 Å². The highest BCUT2D eigenvalue weighted by molar-refractivity contribution is 5.97. The number of ether oxygens (including phenoxy) is 1. The molecular formula is C19H31N3O. The highest BCUT2D eigenvalue weighted by atomic mass is 16.5. The van der Waals surface area contributed by atoms with Crippen molar-refractivity contribution in [1.29, 1.82) is 0 Å². The lowest BCUT2D eigenvalue weighted by Gasteiger charge is -2.27. The van der Waals surface area contributed by atoms with Gasteiger partial charge in [-0.25, -0.2) is 0 Å². The maximum atomic E-state index is 5.44. The van der Waals surface area contributed by atoms with Crippen LogP contribution in [0, 0.1) is 0 Å². The predicted molar refractivity (Wildman–Crippen MR) is 99.8 cm³/mol. The van der Waals surface area contributed by atoms with Gasteiger partial charge in [-0.2, -0.15) is 0 Å². The van der Waals surface area contributed by atoms with Crippen LogP contribution in [0.1, 0.15) is 27.7 Å². The van der Waals surface area contributed by atoms with Crippen LogP contribution in [-0.2, 0) is 4.74 Å². The zero-order chi connectivity index (χ0) is 17.2. The standard InChI is InChI=1S/C19H31N3O/c1-7-8-9-18(20-6)16(4)19(21-17(5)15(2)3)14-22-10-12-23-13-11-22/h7-9,20H,2,10-14H2,1,3-6H3/b8-7-,18-9+,19-16+,21-17?. The molecule has 1 aliphatic heterocycles. The van der Waals surface area contributed by atoms with Crippen molar-refractivity contribution in [3.63, 3.8) is 0 Å². The third-order valence-electron chi connectivity index (χ3n) is 3.96. The summed E-state index contributed by atoms with van der Waals surface area (Å²) in [6, 6.07) is 0. The number of rotatable bonds is 7. The molecule has 1 rings (SSSR count). The lowest BCUT2D eigenvalue weighted by atomic mass is 10.1. The van der Waals surface area contributed by atoms with E-state index < -0.39 is 0 Å². The normalized spacial score (nSPS) is 19.0. The molecule has 0 aromatic rings. The van der Waals surface area contributed by atoms with E-state index >= 15 is 0 Å². The minimum atomic E-state index is 0.794. The van der Waals surface area contributed by atoms with Crippen LogP contribution in [0.25, 0.3) is 0 Å². The Bertz CT molecular complexity index is 521. The highest BCUT2D eigenvalue weighted by Gasteiger charge is 2.15. The molecule has 23 heavy (non-hydrogen) atoms. The number of likely N-dealkylation sites (N-methyl/N-ethyl adjacent to an activating group) is 1. The molecule has 4 heteroatoms. The molecule has 0 unspecified atom stereocenters. The summed E-state index contributed by atoms with van der Waals surface area (Å²) in [4.78, 5) is 7.25. The molecular weight excluding hydrogens is 286 g/mol.